The Kier molecular flexibility index (Phi) is 6.62. The average molecular weight is 304 g/mol. The van der Waals surface area contributed by atoms with Crippen LogP contribution in [0.4, 0.5) is 0 Å². The molecule has 0 aliphatic heterocycles. The third-order valence-corrected chi connectivity index (χ3v) is 4.82. The monoisotopic (exact) mass is 303 g/mol. The van der Waals surface area contributed by atoms with E-state index < -0.39 is 0 Å². The van der Waals surface area contributed by atoms with E-state index in [-0.39, 0.29) is 0 Å². The zero-order chi connectivity index (χ0) is 12.0. The first-order chi connectivity index (χ1) is 7.69. The fourth-order valence-electron chi connectivity index (χ4n) is 2.10. The van der Waals surface area contributed by atoms with Crippen LogP contribution in [0.2, 0.25) is 0 Å². The fraction of sp³-hybridized carbons (Fsp3) is 0.692. The van der Waals surface area contributed by atoms with E-state index in [1.54, 1.807) is 0 Å². The van der Waals surface area contributed by atoms with E-state index in [2.05, 4.69) is 53.5 Å². The Hall–Kier alpha value is 0.140. The number of halogens is 1. The van der Waals surface area contributed by atoms with Crippen molar-refractivity contribution in [3.8, 4) is 0 Å². The van der Waals surface area contributed by atoms with E-state index in [9.17, 15) is 0 Å². The highest BCUT2D eigenvalue weighted by Gasteiger charge is 2.17. The second-order valence-electron chi connectivity index (χ2n) is 4.37. The molecule has 0 spiro atoms. The minimum absolute atomic E-state index is 0.515. The predicted octanol–water partition coefficient (Wildman–Crippen LogP) is 4.99. The van der Waals surface area contributed by atoms with E-state index in [0.29, 0.717) is 6.04 Å². The van der Waals surface area contributed by atoms with Crippen LogP contribution in [0.5, 0.6) is 0 Å². The lowest BCUT2D eigenvalue weighted by molar-refractivity contribution is 0.398. The van der Waals surface area contributed by atoms with Gasteiger partial charge in [0.1, 0.15) is 0 Å². The van der Waals surface area contributed by atoms with Crippen molar-refractivity contribution in [2.75, 3.05) is 6.54 Å². The van der Waals surface area contributed by atoms with E-state index in [0.717, 1.165) is 12.5 Å². The van der Waals surface area contributed by atoms with E-state index in [1.165, 1.54) is 28.6 Å². The molecule has 2 unspecified atom stereocenters. The zero-order valence-electron chi connectivity index (χ0n) is 10.4. The molecule has 0 aromatic carbocycles. The topological polar surface area (TPSA) is 12.0 Å². The van der Waals surface area contributed by atoms with E-state index in [4.69, 9.17) is 0 Å². The van der Waals surface area contributed by atoms with E-state index >= 15 is 0 Å². The van der Waals surface area contributed by atoms with Gasteiger partial charge in [0.2, 0.25) is 0 Å². The molecule has 0 radical (unpaired) electrons. The highest BCUT2D eigenvalue weighted by atomic mass is 79.9. The molecule has 1 rings (SSSR count). The summed E-state index contributed by atoms with van der Waals surface area (Å²) in [5.41, 5.74) is 0. The summed E-state index contributed by atoms with van der Waals surface area (Å²) in [7, 11) is 0. The lowest BCUT2D eigenvalue weighted by Crippen LogP contribution is -2.22. The van der Waals surface area contributed by atoms with Gasteiger partial charge in [-0.2, -0.15) is 0 Å². The third kappa shape index (κ3) is 4.19. The van der Waals surface area contributed by atoms with Gasteiger partial charge < -0.3 is 5.32 Å². The van der Waals surface area contributed by atoms with Crippen LogP contribution in [0, 0.1) is 5.92 Å². The Morgan fingerprint density at radius 1 is 1.44 bits per heavy atom. The molecule has 1 N–H and O–H groups in total. The maximum atomic E-state index is 3.64. The summed E-state index contributed by atoms with van der Waals surface area (Å²) in [6.07, 6.45) is 3.84. The normalized spacial score (nSPS) is 15.0. The highest BCUT2D eigenvalue weighted by Crippen LogP contribution is 2.33. The van der Waals surface area contributed by atoms with Gasteiger partial charge in [0, 0.05) is 15.4 Å². The molecule has 1 aromatic heterocycles. The number of nitrogens with one attached hydrogen (secondary N) is 1. The van der Waals surface area contributed by atoms with Crippen LogP contribution in [0.3, 0.4) is 0 Å². The molecule has 1 aromatic rings. The number of hydrogen-bond acceptors (Lipinski definition) is 2. The molecule has 16 heavy (non-hydrogen) atoms. The first-order valence-electron chi connectivity index (χ1n) is 6.15. The van der Waals surface area contributed by atoms with Gasteiger partial charge in [-0.25, -0.2) is 0 Å². The number of thiophene rings is 1. The quantitative estimate of drug-likeness (QED) is 0.748. The maximum absolute atomic E-state index is 3.64. The molecule has 3 heteroatoms. The van der Waals surface area contributed by atoms with Crippen LogP contribution < -0.4 is 5.32 Å². The summed E-state index contributed by atoms with van der Waals surface area (Å²) < 4.78 is 1.26. The molecule has 2 atom stereocenters. The molecule has 0 amide bonds. The van der Waals surface area contributed by atoms with Gasteiger partial charge in [-0.3, -0.25) is 0 Å². The van der Waals surface area contributed by atoms with Crippen molar-refractivity contribution in [1.29, 1.82) is 0 Å². The maximum Gasteiger partial charge on any atom is 0.0428 e. The van der Waals surface area contributed by atoms with Gasteiger partial charge in [0.15, 0.2) is 0 Å². The largest absolute Gasteiger partial charge is 0.309 e. The summed E-state index contributed by atoms with van der Waals surface area (Å²) >= 11 is 5.48. The SMILES string of the molecule is CCCC(C)CC(NCC)c1sccc1Br. The molecule has 0 aliphatic carbocycles. The highest BCUT2D eigenvalue weighted by molar-refractivity contribution is 9.10. The summed E-state index contributed by atoms with van der Waals surface area (Å²) in [5.74, 6) is 0.794. The van der Waals surface area contributed by atoms with Crippen molar-refractivity contribution in [3.05, 3.63) is 20.8 Å². The molecule has 0 saturated heterocycles. The lowest BCUT2D eigenvalue weighted by atomic mass is 9.96. The first-order valence-corrected chi connectivity index (χ1v) is 7.82. The zero-order valence-corrected chi connectivity index (χ0v) is 12.8. The second kappa shape index (κ2) is 7.46. The first kappa shape index (κ1) is 14.2. The van der Waals surface area contributed by atoms with Crippen molar-refractivity contribution in [1.82, 2.24) is 5.32 Å². The smallest absolute Gasteiger partial charge is 0.0428 e. The van der Waals surface area contributed by atoms with Gasteiger partial charge >= 0.3 is 0 Å². The summed E-state index contributed by atoms with van der Waals surface area (Å²) in [5, 5.41) is 5.76. The minimum atomic E-state index is 0.515. The van der Waals surface area contributed by atoms with Crippen molar-refractivity contribution in [3.63, 3.8) is 0 Å². The molecular formula is C13H22BrNS. The molecule has 1 nitrogen and oxygen atoms in total. The lowest BCUT2D eigenvalue weighted by Gasteiger charge is -2.21. The Morgan fingerprint density at radius 2 is 2.19 bits per heavy atom. The molecule has 0 bridgehead atoms. The molecule has 0 fully saturated rings. The van der Waals surface area contributed by atoms with Gasteiger partial charge in [-0.05, 0) is 46.3 Å². The van der Waals surface area contributed by atoms with Gasteiger partial charge in [-0.15, -0.1) is 11.3 Å². The Balaban J connectivity index is 2.64. The Labute approximate surface area is 112 Å². The standard InChI is InChI=1S/C13H22BrNS/c1-4-6-10(3)9-12(15-5-2)13-11(14)7-8-16-13/h7-8,10,12,15H,4-6,9H2,1-3H3. The predicted molar refractivity (Wildman–Crippen MR) is 77.1 cm³/mol. The number of rotatable bonds is 7. The minimum Gasteiger partial charge on any atom is -0.309 e. The van der Waals surface area contributed by atoms with Crippen molar-refractivity contribution < 1.29 is 0 Å². The molecule has 1 heterocycles. The van der Waals surface area contributed by atoms with Crippen LogP contribution in [0.1, 0.15) is 51.0 Å². The van der Waals surface area contributed by atoms with Gasteiger partial charge in [0.25, 0.3) is 0 Å². The van der Waals surface area contributed by atoms with E-state index in [1.807, 2.05) is 11.3 Å². The fourth-order valence-corrected chi connectivity index (χ4v) is 3.84. The summed E-state index contributed by atoms with van der Waals surface area (Å²) in [6, 6.07) is 2.66. The molecular weight excluding hydrogens is 282 g/mol. The molecule has 92 valence electrons. The van der Waals surface area contributed by atoms with Crippen molar-refractivity contribution in [2.24, 2.45) is 5.92 Å². The Bertz CT molecular complexity index is 298. The second-order valence-corrected chi connectivity index (χ2v) is 6.17. The van der Waals surface area contributed by atoms with Crippen LogP contribution in [-0.2, 0) is 0 Å². The Morgan fingerprint density at radius 3 is 2.69 bits per heavy atom. The van der Waals surface area contributed by atoms with Crippen LogP contribution in [0.25, 0.3) is 0 Å². The summed E-state index contributed by atoms with van der Waals surface area (Å²) in [6.45, 7) is 7.84. The van der Waals surface area contributed by atoms with Gasteiger partial charge in [0.05, 0.1) is 0 Å². The van der Waals surface area contributed by atoms with Crippen LogP contribution in [0.15, 0.2) is 15.9 Å². The van der Waals surface area contributed by atoms with Gasteiger partial charge in [-0.1, -0.05) is 33.6 Å². The van der Waals surface area contributed by atoms with Crippen LogP contribution in [-0.4, -0.2) is 6.54 Å². The number of hydrogen-bond donors (Lipinski definition) is 1. The average Bonchev–Trinajstić information content (AvgIpc) is 2.64. The molecule has 0 saturated carbocycles. The molecule has 0 aliphatic rings. The van der Waals surface area contributed by atoms with Crippen molar-refractivity contribution >= 4 is 27.3 Å². The van der Waals surface area contributed by atoms with Crippen LogP contribution >= 0.6 is 27.3 Å². The summed E-state index contributed by atoms with van der Waals surface area (Å²) in [4.78, 5) is 1.45. The van der Waals surface area contributed by atoms with Crippen molar-refractivity contribution in [2.45, 2.75) is 46.1 Å². The third-order valence-electron chi connectivity index (χ3n) is 2.83.